The Morgan fingerprint density at radius 2 is 1.30 bits per heavy atom. The molecular formula is C6H8Cl2O2. The lowest BCUT2D eigenvalue weighted by Crippen LogP contribution is -1.76. The number of rotatable bonds is 5. The van der Waals surface area contributed by atoms with Crippen LogP contribution in [0.25, 0.3) is 0 Å². The zero-order valence-corrected chi connectivity index (χ0v) is 6.81. The summed E-state index contributed by atoms with van der Waals surface area (Å²) in [5, 5.41) is 0. The smallest absolute Gasteiger partial charge is 0.140 e. The lowest BCUT2D eigenvalue weighted by Gasteiger charge is -1.91. The maximum Gasteiger partial charge on any atom is 0.140 e. The summed E-state index contributed by atoms with van der Waals surface area (Å²) in [6, 6.07) is 0. The Labute approximate surface area is 69.9 Å². The largest absolute Gasteiger partial charge is 0.299 e. The van der Waals surface area contributed by atoms with Gasteiger partial charge in [0.1, 0.15) is 12.5 Å². The number of allylic oxidation sites excluding steroid dienone is 2. The van der Waals surface area contributed by atoms with E-state index >= 15 is 0 Å². The standard InChI is InChI=1S/C6H8Cl2O2/c7-3-1-5-9-10-6-2-4-8/h1-2,5-6H,3-4H2. The van der Waals surface area contributed by atoms with Gasteiger partial charge in [-0.15, -0.1) is 23.2 Å². The maximum absolute atomic E-state index is 5.28. The van der Waals surface area contributed by atoms with Crippen molar-refractivity contribution in [2.45, 2.75) is 0 Å². The van der Waals surface area contributed by atoms with Crippen LogP contribution in [-0.2, 0) is 9.78 Å². The Kier molecular flexibility index (Phi) is 8.37. The third-order valence-corrected chi connectivity index (χ3v) is 0.894. The molecule has 0 spiro atoms. The highest BCUT2D eigenvalue weighted by Crippen LogP contribution is 1.85. The highest BCUT2D eigenvalue weighted by Gasteiger charge is 1.72. The van der Waals surface area contributed by atoms with Crippen LogP contribution >= 0.6 is 23.2 Å². The van der Waals surface area contributed by atoms with Gasteiger partial charge in [-0.1, -0.05) is 0 Å². The summed E-state index contributed by atoms with van der Waals surface area (Å²) in [4.78, 5) is 8.93. The van der Waals surface area contributed by atoms with Gasteiger partial charge in [0, 0.05) is 11.8 Å². The van der Waals surface area contributed by atoms with E-state index in [0.29, 0.717) is 11.8 Å². The fourth-order valence-corrected chi connectivity index (χ4v) is 0.361. The van der Waals surface area contributed by atoms with Crippen molar-refractivity contribution >= 4 is 23.2 Å². The van der Waals surface area contributed by atoms with Crippen molar-refractivity contribution in [3.8, 4) is 0 Å². The Morgan fingerprint density at radius 1 is 0.900 bits per heavy atom. The zero-order chi connectivity index (χ0) is 7.66. The molecule has 0 bridgehead atoms. The predicted molar refractivity (Wildman–Crippen MR) is 41.9 cm³/mol. The summed E-state index contributed by atoms with van der Waals surface area (Å²) >= 11 is 10.6. The molecule has 0 aliphatic heterocycles. The van der Waals surface area contributed by atoms with Crippen LogP contribution in [0.1, 0.15) is 0 Å². The maximum atomic E-state index is 5.28. The predicted octanol–water partition coefficient (Wildman–Crippen LogP) is 2.44. The molecule has 0 unspecified atom stereocenters. The van der Waals surface area contributed by atoms with E-state index in [9.17, 15) is 0 Å². The molecule has 0 saturated heterocycles. The molecule has 0 aromatic rings. The number of hydrogen-bond acceptors (Lipinski definition) is 2. The molecule has 0 heterocycles. The van der Waals surface area contributed by atoms with Crippen LogP contribution < -0.4 is 0 Å². The van der Waals surface area contributed by atoms with Gasteiger partial charge in [-0.25, -0.2) is 0 Å². The van der Waals surface area contributed by atoms with Gasteiger partial charge in [-0.3, -0.25) is 9.78 Å². The summed E-state index contributed by atoms with van der Waals surface area (Å²) in [6.45, 7) is 0. The highest BCUT2D eigenvalue weighted by molar-refractivity contribution is 6.19. The molecule has 10 heavy (non-hydrogen) atoms. The van der Waals surface area contributed by atoms with Gasteiger partial charge >= 0.3 is 0 Å². The van der Waals surface area contributed by atoms with Crippen LogP contribution in [0.5, 0.6) is 0 Å². The summed E-state index contributed by atoms with van der Waals surface area (Å²) < 4.78 is 0. The minimum absolute atomic E-state index is 0.405. The Morgan fingerprint density at radius 3 is 1.60 bits per heavy atom. The van der Waals surface area contributed by atoms with Crippen LogP contribution in [0.2, 0.25) is 0 Å². The van der Waals surface area contributed by atoms with Crippen molar-refractivity contribution < 1.29 is 9.78 Å². The molecule has 0 amide bonds. The quantitative estimate of drug-likeness (QED) is 0.214. The van der Waals surface area contributed by atoms with E-state index in [-0.39, 0.29) is 0 Å². The van der Waals surface area contributed by atoms with Crippen LogP contribution in [-0.4, -0.2) is 11.8 Å². The van der Waals surface area contributed by atoms with Crippen LogP contribution in [0, 0.1) is 0 Å². The lowest BCUT2D eigenvalue weighted by atomic mass is 10.7. The van der Waals surface area contributed by atoms with Crippen molar-refractivity contribution in [2.24, 2.45) is 0 Å². The zero-order valence-electron chi connectivity index (χ0n) is 5.30. The monoisotopic (exact) mass is 182 g/mol. The molecule has 0 aromatic heterocycles. The minimum atomic E-state index is 0.405. The van der Waals surface area contributed by atoms with E-state index in [4.69, 9.17) is 23.2 Å². The van der Waals surface area contributed by atoms with E-state index in [1.54, 1.807) is 12.2 Å². The van der Waals surface area contributed by atoms with Crippen molar-refractivity contribution in [1.82, 2.24) is 0 Å². The first kappa shape index (κ1) is 9.66. The van der Waals surface area contributed by atoms with E-state index in [2.05, 4.69) is 9.78 Å². The molecular weight excluding hydrogens is 175 g/mol. The molecule has 0 N–H and O–H groups in total. The van der Waals surface area contributed by atoms with Gasteiger partial charge in [0.15, 0.2) is 0 Å². The fraction of sp³-hybridized carbons (Fsp3) is 0.333. The van der Waals surface area contributed by atoms with Crippen molar-refractivity contribution in [2.75, 3.05) is 11.8 Å². The number of hydrogen-bond donors (Lipinski definition) is 0. The molecule has 0 saturated carbocycles. The van der Waals surface area contributed by atoms with Gasteiger partial charge in [0.05, 0.1) is 0 Å². The topological polar surface area (TPSA) is 18.5 Å². The van der Waals surface area contributed by atoms with E-state index < -0.39 is 0 Å². The van der Waals surface area contributed by atoms with E-state index in [0.717, 1.165) is 0 Å². The molecule has 0 rings (SSSR count). The minimum Gasteiger partial charge on any atom is -0.299 e. The average molecular weight is 183 g/mol. The lowest BCUT2D eigenvalue weighted by molar-refractivity contribution is -0.195. The van der Waals surface area contributed by atoms with Gasteiger partial charge in [-0.05, 0) is 12.2 Å². The first-order valence-electron chi connectivity index (χ1n) is 2.66. The molecule has 4 heteroatoms. The second-order valence-corrected chi connectivity index (χ2v) is 1.86. The van der Waals surface area contributed by atoms with Crippen molar-refractivity contribution in [3.05, 3.63) is 24.7 Å². The van der Waals surface area contributed by atoms with E-state index in [1.807, 2.05) is 0 Å². The van der Waals surface area contributed by atoms with Crippen LogP contribution in [0.3, 0.4) is 0 Å². The first-order chi connectivity index (χ1) is 4.91. The average Bonchev–Trinajstić information content (AvgIpc) is 1.97. The van der Waals surface area contributed by atoms with Gasteiger partial charge < -0.3 is 0 Å². The third kappa shape index (κ3) is 7.66. The Balaban J connectivity index is 3.04. The molecule has 0 aliphatic rings. The third-order valence-electron chi connectivity index (χ3n) is 0.537. The fourth-order valence-electron chi connectivity index (χ4n) is 0.215. The van der Waals surface area contributed by atoms with Crippen LogP contribution in [0.15, 0.2) is 24.7 Å². The Hall–Kier alpha value is -0.340. The summed E-state index contributed by atoms with van der Waals surface area (Å²) in [5.41, 5.74) is 0. The summed E-state index contributed by atoms with van der Waals surface area (Å²) in [5.74, 6) is 0.811. The van der Waals surface area contributed by atoms with Crippen LogP contribution in [0.4, 0.5) is 0 Å². The number of halogens is 2. The molecule has 2 nitrogen and oxygen atoms in total. The second kappa shape index (κ2) is 8.66. The number of alkyl halides is 2. The second-order valence-electron chi connectivity index (χ2n) is 1.24. The van der Waals surface area contributed by atoms with E-state index in [1.165, 1.54) is 12.5 Å². The molecule has 0 radical (unpaired) electrons. The van der Waals surface area contributed by atoms with Crippen molar-refractivity contribution in [1.29, 1.82) is 0 Å². The Bertz CT molecular complexity index is 98.3. The molecule has 0 fully saturated rings. The molecule has 58 valence electrons. The first-order valence-corrected chi connectivity index (χ1v) is 3.72. The van der Waals surface area contributed by atoms with Crippen molar-refractivity contribution in [3.63, 3.8) is 0 Å². The molecule has 0 aliphatic carbocycles. The molecule has 0 atom stereocenters. The van der Waals surface area contributed by atoms with Gasteiger partial charge in [-0.2, -0.15) is 0 Å². The summed E-state index contributed by atoms with van der Waals surface area (Å²) in [7, 11) is 0. The van der Waals surface area contributed by atoms with Gasteiger partial charge in [0.2, 0.25) is 0 Å². The highest BCUT2D eigenvalue weighted by atomic mass is 35.5. The van der Waals surface area contributed by atoms with Gasteiger partial charge in [0.25, 0.3) is 0 Å². The molecule has 0 aromatic carbocycles. The summed E-state index contributed by atoms with van der Waals surface area (Å²) in [6.07, 6.45) is 5.92. The SMILES string of the molecule is ClCC=COOC=CCCl. The normalized spacial score (nSPS) is 11.0.